The lowest BCUT2D eigenvalue weighted by atomic mass is 10.1. The number of aliphatic hydroxyl groups is 2. The molecule has 0 fully saturated rings. The van der Waals surface area contributed by atoms with Crippen LogP contribution in [0.15, 0.2) is 29.4 Å². The molecular weight excluding hydrogens is 431 g/mol. The van der Waals surface area contributed by atoms with Crippen molar-refractivity contribution in [3.8, 4) is 12.3 Å². The summed E-state index contributed by atoms with van der Waals surface area (Å²) >= 11 is 0. The molecule has 32 heavy (non-hydrogen) atoms. The Labute approximate surface area is 181 Å². The van der Waals surface area contributed by atoms with Gasteiger partial charge >= 0.3 is 0 Å². The average Bonchev–Trinajstić information content (AvgIpc) is 2.79. The first kappa shape index (κ1) is 24.7. The molecule has 11 heteroatoms. The number of oxime groups is 1. The first-order chi connectivity index (χ1) is 15.4. The van der Waals surface area contributed by atoms with Crippen LogP contribution in [0.25, 0.3) is 0 Å². The fourth-order valence-electron chi connectivity index (χ4n) is 2.37. The van der Waals surface area contributed by atoms with Crippen molar-refractivity contribution >= 4 is 23.5 Å². The minimum absolute atomic E-state index is 0.0337. The summed E-state index contributed by atoms with van der Waals surface area (Å²) in [5, 5.41) is 23.3. The molecule has 0 bridgehead atoms. The van der Waals surface area contributed by atoms with Crippen LogP contribution in [0, 0.1) is 29.8 Å². The van der Waals surface area contributed by atoms with Gasteiger partial charge in [0.05, 0.1) is 36.4 Å². The third-order valence-electron chi connectivity index (χ3n) is 3.89. The largest absolute Gasteiger partial charge is 0.396 e. The van der Waals surface area contributed by atoms with Crippen molar-refractivity contribution in [3.05, 3.63) is 58.4 Å². The third kappa shape index (κ3) is 6.45. The van der Waals surface area contributed by atoms with Crippen LogP contribution in [0.2, 0.25) is 0 Å². The molecule has 0 aromatic heterocycles. The summed E-state index contributed by atoms with van der Waals surface area (Å²) in [6.07, 6.45) is 6.32. The van der Waals surface area contributed by atoms with Crippen molar-refractivity contribution in [2.45, 2.75) is 6.42 Å². The van der Waals surface area contributed by atoms with Crippen LogP contribution in [-0.2, 0) is 9.68 Å². The van der Waals surface area contributed by atoms with E-state index in [0.29, 0.717) is 0 Å². The Morgan fingerprint density at radius 3 is 2.59 bits per heavy atom. The second-order valence-corrected chi connectivity index (χ2v) is 6.13. The summed E-state index contributed by atoms with van der Waals surface area (Å²) < 4.78 is 43.8. The van der Waals surface area contributed by atoms with E-state index >= 15 is 0 Å². The van der Waals surface area contributed by atoms with Gasteiger partial charge in [-0.3, -0.25) is 9.63 Å². The second kappa shape index (κ2) is 12.3. The van der Waals surface area contributed by atoms with Crippen LogP contribution in [0.5, 0.6) is 0 Å². The number of amides is 1. The number of anilines is 2. The summed E-state index contributed by atoms with van der Waals surface area (Å²) in [4.78, 5) is 22.0. The monoisotopic (exact) mass is 451 g/mol. The maximum atomic E-state index is 14.9. The van der Waals surface area contributed by atoms with Gasteiger partial charge in [0.2, 0.25) is 0 Å². The number of aliphatic hydroxyl groups excluding tert-OH is 2. The number of carbonyl (C=O) groups excluding carboxylic acids is 1. The zero-order chi connectivity index (χ0) is 23.5. The number of hydrogen-bond acceptors (Lipinski definition) is 7. The number of nitrogens with one attached hydrogen (secondary N) is 2. The van der Waals surface area contributed by atoms with Crippen molar-refractivity contribution in [2.24, 2.45) is 5.16 Å². The molecular formula is C21H20F3N3O5. The van der Waals surface area contributed by atoms with Gasteiger partial charge < -0.3 is 20.4 Å². The van der Waals surface area contributed by atoms with Gasteiger partial charge in [-0.05, 0) is 24.3 Å². The highest BCUT2D eigenvalue weighted by Gasteiger charge is 2.23. The smallest absolute Gasteiger partial charge is 0.277 e. The first-order valence-corrected chi connectivity index (χ1v) is 9.27. The van der Waals surface area contributed by atoms with E-state index in [1.54, 1.807) is 0 Å². The molecule has 2 aromatic rings. The van der Waals surface area contributed by atoms with E-state index < -0.39 is 46.8 Å². The third-order valence-corrected chi connectivity index (χ3v) is 3.89. The molecule has 170 valence electrons. The van der Waals surface area contributed by atoms with Gasteiger partial charge in [-0.2, -0.15) is 0 Å². The van der Waals surface area contributed by atoms with E-state index in [1.807, 2.05) is 5.48 Å². The predicted octanol–water partition coefficient (Wildman–Crippen LogP) is 2.22. The van der Waals surface area contributed by atoms with E-state index in [9.17, 15) is 18.0 Å². The number of nitrogens with zero attached hydrogens (tertiary/aromatic N) is 1. The van der Waals surface area contributed by atoms with Crippen LogP contribution in [0.3, 0.4) is 0 Å². The van der Waals surface area contributed by atoms with Crippen molar-refractivity contribution in [1.29, 1.82) is 0 Å². The minimum atomic E-state index is -1.49. The molecule has 2 rings (SSSR count). The quantitative estimate of drug-likeness (QED) is 0.180. The Morgan fingerprint density at radius 2 is 1.94 bits per heavy atom. The van der Waals surface area contributed by atoms with E-state index in [0.717, 1.165) is 18.3 Å². The number of terminal acetylenes is 1. The lowest BCUT2D eigenvalue weighted by molar-refractivity contribution is 0.0168. The highest BCUT2D eigenvalue weighted by atomic mass is 19.2. The molecule has 0 aliphatic rings. The molecule has 0 spiro atoms. The van der Waals surface area contributed by atoms with Crippen molar-refractivity contribution in [3.63, 3.8) is 0 Å². The number of benzene rings is 2. The van der Waals surface area contributed by atoms with E-state index in [4.69, 9.17) is 26.3 Å². The SMILES string of the molecule is C#Cc1ccc(Nc2c(C(=O)NOCCO)cc(C=NOCCCO)c(F)c2F)c(F)c1. The normalized spacial score (nSPS) is 10.8. The summed E-state index contributed by atoms with van der Waals surface area (Å²) in [7, 11) is 0. The van der Waals surface area contributed by atoms with Gasteiger partial charge in [-0.25, -0.2) is 18.7 Å². The molecule has 1 amide bonds. The Morgan fingerprint density at radius 1 is 1.16 bits per heavy atom. The minimum Gasteiger partial charge on any atom is -0.396 e. The summed E-state index contributed by atoms with van der Waals surface area (Å²) in [6, 6.07) is 4.53. The molecule has 0 saturated heterocycles. The standard InChI is InChI=1S/C21H20F3N3O5/c1-2-13-4-5-17(16(22)10-13)26-20-15(21(30)27-32-9-7-29)11-14(18(23)19(20)24)12-25-31-8-3-6-28/h1,4-5,10-12,26,28-29H,3,6-9H2,(H,27,30). The van der Waals surface area contributed by atoms with Gasteiger partial charge in [-0.1, -0.05) is 11.1 Å². The Balaban J connectivity index is 2.45. The van der Waals surface area contributed by atoms with Gasteiger partial charge in [0, 0.05) is 24.2 Å². The predicted molar refractivity (Wildman–Crippen MR) is 110 cm³/mol. The molecule has 0 aliphatic carbocycles. The van der Waals surface area contributed by atoms with Gasteiger partial charge in [0.1, 0.15) is 12.4 Å². The highest BCUT2D eigenvalue weighted by molar-refractivity contribution is 6.01. The van der Waals surface area contributed by atoms with Crippen LogP contribution in [-0.4, -0.2) is 48.8 Å². The number of hydrogen-bond donors (Lipinski definition) is 4. The summed E-state index contributed by atoms with van der Waals surface area (Å²) in [5.74, 6) is -2.49. The second-order valence-electron chi connectivity index (χ2n) is 6.13. The molecule has 0 unspecified atom stereocenters. The fourth-order valence-corrected chi connectivity index (χ4v) is 2.37. The molecule has 0 saturated carbocycles. The van der Waals surface area contributed by atoms with Gasteiger partial charge in [0.25, 0.3) is 5.91 Å². The lowest BCUT2D eigenvalue weighted by Gasteiger charge is -2.15. The Hall–Kier alpha value is -3.59. The highest BCUT2D eigenvalue weighted by Crippen LogP contribution is 2.30. The fraction of sp³-hybridized carbons (Fsp3) is 0.238. The molecule has 8 nitrogen and oxygen atoms in total. The van der Waals surface area contributed by atoms with Gasteiger partial charge in [-0.15, -0.1) is 6.42 Å². The summed E-state index contributed by atoms with van der Waals surface area (Å²) in [5.41, 5.74) is 0.376. The van der Waals surface area contributed by atoms with Crippen LogP contribution in [0.1, 0.15) is 27.9 Å². The molecule has 2 aromatic carbocycles. The maximum Gasteiger partial charge on any atom is 0.277 e. The van der Waals surface area contributed by atoms with Crippen LogP contribution >= 0.6 is 0 Å². The number of carbonyl (C=O) groups is 1. The zero-order valence-electron chi connectivity index (χ0n) is 16.7. The van der Waals surface area contributed by atoms with Crippen LogP contribution in [0.4, 0.5) is 24.5 Å². The van der Waals surface area contributed by atoms with Crippen LogP contribution < -0.4 is 10.8 Å². The first-order valence-electron chi connectivity index (χ1n) is 9.27. The average molecular weight is 451 g/mol. The van der Waals surface area contributed by atoms with Crippen molar-refractivity contribution in [1.82, 2.24) is 5.48 Å². The van der Waals surface area contributed by atoms with Crippen molar-refractivity contribution < 1.29 is 37.9 Å². The molecule has 0 radical (unpaired) electrons. The molecule has 0 heterocycles. The van der Waals surface area contributed by atoms with E-state index in [1.165, 1.54) is 12.1 Å². The van der Waals surface area contributed by atoms with E-state index in [2.05, 4.69) is 16.4 Å². The zero-order valence-corrected chi connectivity index (χ0v) is 16.7. The lowest BCUT2D eigenvalue weighted by Crippen LogP contribution is -2.26. The number of hydroxylamine groups is 1. The van der Waals surface area contributed by atoms with Crippen molar-refractivity contribution in [2.75, 3.05) is 31.7 Å². The molecule has 0 atom stereocenters. The van der Waals surface area contributed by atoms with Gasteiger partial charge in [0.15, 0.2) is 11.6 Å². The number of rotatable bonds is 11. The summed E-state index contributed by atoms with van der Waals surface area (Å²) in [6.45, 7) is -0.770. The number of halogens is 3. The Kier molecular flexibility index (Phi) is 9.49. The molecule has 4 N–H and O–H groups in total. The van der Waals surface area contributed by atoms with E-state index in [-0.39, 0.29) is 37.5 Å². The maximum absolute atomic E-state index is 14.9. The Bertz CT molecular complexity index is 1020. The molecule has 0 aliphatic heterocycles. The topological polar surface area (TPSA) is 112 Å².